The second-order valence-corrected chi connectivity index (χ2v) is 7.49. The molecule has 4 nitrogen and oxygen atoms in total. The van der Waals surface area contributed by atoms with E-state index in [4.69, 9.17) is 27.7 Å². The third kappa shape index (κ3) is 4.81. The molecule has 7 heteroatoms. The molecule has 0 atom stereocenters. The van der Waals surface area contributed by atoms with Crippen molar-refractivity contribution in [3.8, 4) is 11.3 Å². The van der Waals surface area contributed by atoms with Crippen molar-refractivity contribution in [2.45, 2.75) is 12.7 Å². The lowest BCUT2D eigenvalue weighted by Gasteiger charge is -2.07. The van der Waals surface area contributed by atoms with Gasteiger partial charge in [0.15, 0.2) is 0 Å². The molecule has 0 spiro atoms. The van der Waals surface area contributed by atoms with Gasteiger partial charge in [0.1, 0.15) is 11.5 Å². The molecule has 1 aromatic heterocycles. The fraction of sp³-hybridized carbons (Fsp3) is 0.158. The van der Waals surface area contributed by atoms with Gasteiger partial charge >= 0.3 is 0 Å². The van der Waals surface area contributed by atoms with Gasteiger partial charge in [0.05, 0.1) is 16.5 Å². The third-order valence-corrected chi connectivity index (χ3v) is 5.17. The minimum Gasteiger partial charge on any atom is -0.360 e. The summed E-state index contributed by atoms with van der Waals surface area (Å²) in [6.45, 7) is 1.96. The van der Waals surface area contributed by atoms with E-state index in [2.05, 4.69) is 10.5 Å². The Hall–Kier alpha value is -1.95. The molecule has 0 saturated carbocycles. The highest BCUT2D eigenvalue weighted by Gasteiger charge is 2.11. The first-order chi connectivity index (χ1) is 12.5. The van der Waals surface area contributed by atoms with Crippen molar-refractivity contribution in [1.82, 2.24) is 5.16 Å². The standard InChI is InChI=1S/C19H16Cl2N2O2S/c1-12-4-2-3-5-17(12)22-19(24)11-26-10-14-9-18(23-25-14)15-7-6-13(20)8-16(15)21/h2-9H,10-11H2,1H3,(H,22,24). The van der Waals surface area contributed by atoms with Crippen LogP contribution >= 0.6 is 35.0 Å². The number of nitrogens with zero attached hydrogens (tertiary/aromatic N) is 1. The summed E-state index contributed by atoms with van der Waals surface area (Å²) in [5.74, 6) is 1.50. The molecule has 3 aromatic rings. The minimum absolute atomic E-state index is 0.0511. The second kappa shape index (κ2) is 8.62. The van der Waals surface area contributed by atoms with Gasteiger partial charge in [-0.1, -0.05) is 46.6 Å². The van der Waals surface area contributed by atoms with E-state index in [9.17, 15) is 4.79 Å². The number of halogens is 2. The second-order valence-electron chi connectivity index (χ2n) is 5.66. The first kappa shape index (κ1) is 18.8. The van der Waals surface area contributed by atoms with Gasteiger partial charge in [-0.3, -0.25) is 4.79 Å². The molecule has 3 rings (SSSR count). The maximum Gasteiger partial charge on any atom is 0.234 e. The van der Waals surface area contributed by atoms with E-state index >= 15 is 0 Å². The summed E-state index contributed by atoms with van der Waals surface area (Å²) in [5, 5.41) is 8.03. The van der Waals surface area contributed by atoms with Crippen LogP contribution in [0.3, 0.4) is 0 Å². The van der Waals surface area contributed by atoms with Crippen LogP contribution in [0.1, 0.15) is 11.3 Å². The van der Waals surface area contributed by atoms with Crippen molar-refractivity contribution < 1.29 is 9.32 Å². The summed E-state index contributed by atoms with van der Waals surface area (Å²) in [7, 11) is 0. The summed E-state index contributed by atoms with van der Waals surface area (Å²) in [6, 6.07) is 14.7. The molecular weight excluding hydrogens is 391 g/mol. The van der Waals surface area contributed by atoms with Crippen LogP contribution in [0.2, 0.25) is 10.0 Å². The Labute approximate surface area is 165 Å². The van der Waals surface area contributed by atoms with Crippen LogP contribution in [0, 0.1) is 6.92 Å². The Kier molecular flexibility index (Phi) is 6.25. The number of anilines is 1. The molecule has 1 N–H and O–H groups in total. The van der Waals surface area contributed by atoms with Gasteiger partial charge in [-0.2, -0.15) is 0 Å². The van der Waals surface area contributed by atoms with Gasteiger partial charge in [0, 0.05) is 22.3 Å². The molecule has 0 fully saturated rings. The third-order valence-electron chi connectivity index (χ3n) is 3.66. The average molecular weight is 407 g/mol. The number of thioether (sulfide) groups is 1. The number of amides is 1. The summed E-state index contributed by atoms with van der Waals surface area (Å²) in [6.07, 6.45) is 0. The van der Waals surface area contributed by atoms with Crippen LogP contribution < -0.4 is 5.32 Å². The number of nitrogens with one attached hydrogen (secondary N) is 1. The predicted octanol–water partition coefficient (Wildman–Crippen LogP) is 5.83. The molecule has 1 amide bonds. The Morgan fingerprint density at radius 3 is 2.77 bits per heavy atom. The largest absolute Gasteiger partial charge is 0.360 e. The molecule has 1 heterocycles. The van der Waals surface area contributed by atoms with Crippen LogP contribution in [0.15, 0.2) is 53.1 Å². The van der Waals surface area contributed by atoms with Crippen LogP contribution in [0.4, 0.5) is 5.69 Å². The lowest BCUT2D eigenvalue weighted by atomic mass is 10.1. The maximum absolute atomic E-state index is 12.1. The highest BCUT2D eigenvalue weighted by Crippen LogP contribution is 2.30. The van der Waals surface area contributed by atoms with Gasteiger partial charge in [0.25, 0.3) is 0 Å². The van der Waals surface area contributed by atoms with Gasteiger partial charge in [-0.15, -0.1) is 11.8 Å². The number of benzene rings is 2. The molecule has 0 unspecified atom stereocenters. The highest BCUT2D eigenvalue weighted by atomic mass is 35.5. The van der Waals surface area contributed by atoms with Crippen LogP contribution in [-0.4, -0.2) is 16.8 Å². The molecule has 2 aromatic carbocycles. The quantitative estimate of drug-likeness (QED) is 0.559. The van der Waals surface area contributed by atoms with E-state index < -0.39 is 0 Å². The fourth-order valence-electron chi connectivity index (χ4n) is 2.35. The number of para-hydroxylation sites is 1. The summed E-state index contributed by atoms with van der Waals surface area (Å²) >= 11 is 13.5. The molecule has 0 saturated heterocycles. The number of aromatic nitrogens is 1. The lowest BCUT2D eigenvalue weighted by Crippen LogP contribution is -2.14. The molecular formula is C19H16Cl2N2O2S. The van der Waals surface area contributed by atoms with Crippen LogP contribution in [0.25, 0.3) is 11.3 Å². The fourth-order valence-corrected chi connectivity index (χ4v) is 3.55. The SMILES string of the molecule is Cc1ccccc1NC(=O)CSCc1cc(-c2ccc(Cl)cc2Cl)no1. The molecule has 26 heavy (non-hydrogen) atoms. The molecule has 0 aliphatic heterocycles. The van der Waals surface area contributed by atoms with E-state index in [1.54, 1.807) is 18.2 Å². The van der Waals surface area contributed by atoms with Crippen molar-refractivity contribution in [2.75, 3.05) is 11.1 Å². The molecule has 0 aliphatic carbocycles. The first-order valence-electron chi connectivity index (χ1n) is 7.87. The summed E-state index contributed by atoms with van der Waals surface area (Å²) in [4.78, 5) is 12.1. The lowest BCUT2D eigenvalue weighted by molar-refractivity contribution is -0.113. The number of carbonyl (C=O) groups excluding carboxylic acids is 1. The molecule has 0 aliphatic rings. The summed E-state index contributed by atoms with van der Waals surface area (Å²) in [5.41, 5.74) is 3.27. The predicted molar refractivity (Wildman–Crippen MR) is 108 cm³/mol. The monoisotopic (exact) mass is 406 g/mol. The van der Waals surface area contributed by atoms with E-state index in [0.29, 0.717) is 33.0 Å². The number of rotatable bonds is 6. The molecule has 0 bridgehead atoms. The summed E-state index contributed by atoms with van der Waals surface area (Å²) < 4.78 is 5.33. The van der Waals surface area contributed by atoms with Crippen molar-refractivity contribution in [2.24, 2.45) is 0 Å². The first-order valence-corrected chi connectivity index (χ1v) is 9.78. The Morgan fingerprint density at radius 2 is 2.00 bits per heavy atom. The van der Waals surface area contributed by atoms with E-state index in [1.165, 1.54) is 11.8 Å². The number of aryl methyl sites for hydroxylation is 1. The van der Waals surface area contributed by atoms with Crippen molar-refractivity contribution in [3.05, 3.63) is 69.9 Å². The van der Waals surface area contributed by atoms with Crippen molar-refractivity contribution in [1.29, 1.82) is 0 Å². The zero-order valence-electron chi connectivity index (χ0n) is 14.0. The Balaban J connectivity index is 1.53. The molecule has 134 valence electrons. The minimum atomic E-state index is -0.0511. The smallest absolute Gasteiger partial charge is 0.234 e. The Morgan fingerprint density at radius 1 is 1.19 bits per heavy atom. The van der Waals surface area contributed by atoms with Gasteiger partial charge in [0.2, 0.25) is 5.91 Å². The number of carbonyl (C=O) groups is 1. The topological polar surface area (TPSA) is 55.1 Å². The van der Waals surface area contributed by atoms with Gasteiger partial charge in [-0.05, 0) is 36.8 Å². The van der Waals surface area contributed by atoms with Gasteiger partial charge < -0.3 is 9.84 Å². The van der Waals surface area contributed by atoms with Crippen LogP contribution in [-0.2, 0) is 10.5 Å². The van der Waals surface area contributed by atoms with Crippen molar-refractivity contribution >= 4 is 46.6 Å². The van der Waals surface area contributed by atoms with E-state index in [0.717, 1.165) is 16.8 Å². The number of hydrogen-bond donors (Lipinski definition) is 1. The molecule has 0 radical (unpaired) electrons. The zero-order chi connectivity index (χ0) is 18.5. The zero-order valence-corrected chi connectivity index (χ0v) is 16.3. The maximum atomic E-state index is 12.1. The average Bonchev–Trinajstić information content (AvgIpc) is 3.05. The normalized spacial score (nSPS) is 10.7. The number of hydrogen-bond acceptors (Lipinski definition) is 4. The Bertz CT molecular complexity index is 927. The van der Waals surface area contributed by atoms with Gasteiger partial charge in [-0.25, -0.2) is 0 Å². The van der Waals surface area contributed by atoms with Crippen LogP contribution in [0.5, 0.6) is 0 Å². The van der Waals surface area contributed by atoms with Crippen molar-refractivity contribution in [3.63, 3.8) is 0 Å². The van der Waals surface area contributed by atoms with E-state index in [-0.39, 0.29) is 5.91 Å². The van der Waals surface area contributed by atoms with E-state index in [1.807, 2.05) is 37.3 Å². The highest BCUT2D eigenvalue weighted by molar-refractivity contribution is 7.99.